The predicted octanol–water partition coefficient (Wildman–Crippen LogP) is 1.98. The second kappa shape index (κ2) is 8.00. The van der Waals surface area contributed by atoms with Crippen molar-refractivity contribution in [3.8, 4) is 0 Å². The van der Waals surface area contributed by atoms with Crippen molar-refractivity contribution in [1.29, 1.82) is 0 Å². The summed E-state index contributed by atoms with van der Waals surface area (Å²) >= 11 is 11.7. The Kier molecular flexibility index (Phi) is 6.26. The van der Waals surface area contributed by atoms with Gasteiger partial charge in [0.2, 0.25) is 5.91 Å². The molecule has 24 heavy (non-hydrogen) atoms. The van der Waals surface area contributed by atoms with Crippen molar-refractivity contribution in [3.05, 3.63) is 39.9 Å². The molecule has 2 N–H and O–H groups in total. The smallest absolute Gasteiger partial charge is 0.262 e. The van der Waals surface area contributed by atoms with Crippen LogP contribution in [0.3, 0.4) is 0 Å². The van der Waals surface area contributed by atoms with Crippen molar-refractivity contribution in [2.45, 2.75) is 12.8 Å². The molecule has 6 nitrogen and oxygen atoms in total. The number of amides is 2. The predicted molar refractivity (Wildman–Crippen MR) is 93.2 cm³/mol. The van der Waals surface area contributed by atoms with Crippen molar-refractivity contribution in [2.75, 3.05) is 11.5 Å². The Morgan fingerprint density at radius 2 is 1.96 bits per heavy atom. The highest BCUT2D eigenvalue weighted by Gasteiger charge is 2.29. The molecular formula is C15H16Cl2N2O4S. The average Bonchev–Trinajstić information content (AvgIpc) is 2.85. The minimum absolute atomic E-state index is 0.0194. The number of benzene rings is 1. The van der Waals surface area contributed by atoms with Crippen LogP contribution in [0.5, 0.6) is 0 Å². The molecule has 9 heteroatoms. The van der Waals surface area contributed by atoms with Crippen molar-refractivity contribution < 1.29 is 18.0 Å². The third kappa shape index (κ3) is 5.81. The lowest BCUT2D eigenvalue weighted by Gasteiger charge is -2.08. The fraction of sp³-hybridized carbons (Fsp3) is 0.333. The number of hydrogen-bond acceptors (Lipinski definition) is 4. The van der Waals surface area contributed by atoms with Crippen LogP contribution in [0.15, 0.2) is 24.3 Å². The average molecular weight is 391 g/mol. The lowest BCUT2D eigenvalue weighted by atomic mass is 10.1. The van der Waals surface area contributed by atoms with Gasteiger partial charge in [0.05, 0.1) is 21.6 Å². The minimum atomic E-state index is -3.02. The van der Waals surface area contributed by atoms with Crippen LogP contribution in [0.4, 0.5) is 0 Å². The van der Waals surface area contributed by atoms with Crippen molar-refractivity contribution in [3.63, 3.8) is 0 Å². The number of halogens is 2. The zero-order chi connectivity index (χ0) is 17.7. The van der Waals surface area contributed by atoms with Gasteiger partial charge in [0.25, 0.3) is 5.91 Å². The molecule has 1 aliphatic heterocycles. The van der Waals surface area contributed by atoms with Gasteiger partial charge in [0.1, 0.15) is 0 Å². The number of carbonyl (C=O) groups is 2. The van der Waals surface area contributed by atoms with Gasteiger partial charge in [0.15, 0.2) is 9.84 Å². The molecule has 2 amide bonds. The Hall–Kier alpha value is -1.57. The molecule has 0 saturated carbocycles. The maximum Gasteiger partial charge on any atom is 0.262 e. The zero-order valence-corrected chi connectivity index (χ0v) is 14.9. The number of hydrazine groups is 1. The van der Waals surface area contributed by atoms with Gasteiger partial charge in [-0.1, -0.05) is 29.3 Å². The van der Waals surface area contributed by atoms with Crippen molar-refractivity contribution in [1.82, 2.24) is 10.9 Å². The molecule has 1 saturated heterocycles. The Labute approximate surface area is 150 Å². The Morgan fingerprint density at radius 1 is 1.21 bits per heavy atom. The van der Waals surface area contributed by atoms with Crippen molar-refractivity contribution >= 4 is 50.9 Å². The topological polar surface area (TPSA) is 92.3 Å². The Bertz CT molecular complexity index is 778. The van der Waals surface area contributed by atoms with E-state index in [9.17, 15) is 18.0 Å². The number of nitrogens with one attached hydrogen (secondary N) is 2. The molecule has 1 aromatic rings. The first-order valence-corrected chi connectivity index (χ1v) is 9.75. The van der Waals surface area contributed by atoms with E-state index in [0.717, 1.165) is 0 Å². The largest absolute Gasteiger partial charge is 0.273 e. The van der Waals surface area contributed by atoms with Gasteiger partial charge in [0, 0.05) is 12.5 Å². The maximum absolute atomic E-state index is 11.7. The molecule has 1 aliphatic rings. The van der Waals surface area contributed by atoms with Crippen LogP contribution in [0.1, 0.15) is 18.4 Å². The summed E-state index contributed by atoms with van der Waals surface area (Å²) in [4.78, 5) is 23.3. The van der Waals surface area contributed by atoms with E-state index in [1.54, 1.807) is 18.2 Å². The molecule has 130 valence electrons. The van der Waals surface area contributed by atoms with Crippen LogP contribution >= 0.6 is 23.2 Å². The lowest BCUT2D eigenvalue weighted by Crippen LogP contribution is -2.41. The number of hydrogen-bond donors (Lipinski definition) is 2. The molecule has 1 heterocycles. The molecule has 2 rings (SSSR count). The summed E-state index contributed by atoms with van der Waals surface area (Å²) in [7, 11) is -3.02. The van der Waals surface area contributed by atoms with Gasteiger partial charge < -0.3 is 0 Å². The molecule has 1 atom stereocenters. The van der Waals surface area contributed by atoms with Gasteiger partial charge in [-0.05, 0) is 36.1 Å². The number of rotatable bonds is 4. The van der Waals surface area contributed by atoms with Crippen LogP contribution < -0.4 is 10.9 Å². The quantitative estimate of drug-likeness (QED) is 0.607. The van der Waals surface area contributed by atoms with E-state index in [4.69, 9.17) is 23.2 Å². The van der Waals surface area contributed by atoms with Crippen LogP contribution in [-0.4, -0.2) is 31.7 Å². The van der Waals surface area contributed by atoms with Crippen LogP contribution in [0.25, 0.3) is 6.08 Å². The summed E-state index contributed by atoms with van der Waals surface area (Å²) in [5.41, 5.74) is 5.18. The highest BCUT2D eigenvalue weighted by Crippen LogP contribution is 2.23. The molecule has 0 bridgehead atoms. The third-order valence-electron chi connectivity index (χ3n) is 3.50. The molecular weight excluding hydrogens is 375 g/mol. The van der Waals surface area contributed by atoms with Gasteiger partial charge in [-0.15, -0.1) is 0 Å². The molecule has 0 unspecified atom stereocenters. The van der Waals surface area contributed by atoms with E-state index >= 15 is 0 Å². The summed E-state index contributed by atoms with van der Waals surface area (Å²) in [5, 5.41) is 0.790. The van der Waals surface area contributed by atoms with Gasteiger partial charge in [-0.3, -0.25) is 20.4 Å². The standard InChI is InChI=1S/C15H16Cl2N2O4S/c16-12-3-1-10(7-13(12)17)2-4-14(20)18-19-15(21)8-11-5-6-24(22,23)9-11/h1-4,7,11H,5-6,8-9H2,(H,18,20)(H,19,21)/b4-2+/t11-/m1/s1. The van der Waals surface area contributed by atoms with E-state index in [1.165, 1.54) is 12.2 Å². The molecule has 0 aromatic heterocycles. The van der Waals surface area contributed by atoms with Crippen molar-refractivity contribution in [2.24, 2.45) is 5.92 Å². The highest BCUT2D eigenvalue weighted by atomic mass is 35.5. The Balaban J connectivity index is 1.77. The first-order chi connectivity index (χ1) is 11.2. The highest BCUT2D eigenvalue weighted by molar-refractivity contribution is 7.91. The SMILES string of the molecule is O=C(/C=C/c1ccc(Cl)c(Cl)c1)NNC(=O)C[C@H]1CCS(=O)(=O)C1. The van der Waals surface area contributed by atoms with E-state index in [1.807, 2.05) is 0 Å². The van der Waals surface area contributed by atoms with E-state index < -0.39 is 21.7 Å². The van der Waals surface area contributed by atoms with Gasteiger partial charge in [-0.2, -0.15) is 0 Å². The second-order valence-corrected chi connectivity index (χ2v) is 8.56. The van der Waals surface area contributed by atoms with Crippen LogP contribution in [-0.2, 0) is 19.4 Å². The number of sulfone groups is 1. The summed E-state index contributed by atoms with van der Waals surface area (Å²) in [6, 6.07) is 4.91. The lowest BCUT2D eigenvalue weighted by molar-refractivity contribution is -0.127. The van der Waals surface area contributed by atoms with E-state index in [-0.39, 0.29) is 23.8 Å². The van der Waals surface area contributed by atoms with Gasteiger partial charge >= 0.3 is 0 Å². The fourth-order valence-corrected chi connectivity index (χ4v) is 4.48. The van der Waals surface area contributed by atoms with Crippen LogP contribution in [0, 0.1) is 5.92 Å². The van der Waals surface area contributed by atoms with E-state index in [0.29, 0.717) is 22.0 Å². The summed E-state index contributed by atoms with van der Waals surface area (Å²) < 4.78 is 22.7. The summed E-state index contributed by atoms with van der Waals surface area (Å²) in [5.74, 6) is -1.00. The number of carbonyl (C=O) groups excluding carboxylic acids is 2. The fourth-order valence-electron chi connectivity index (χ4n) is 2.31. The molecule has 0 radical (unpaired) electrons. The minimum Gasteiger partial charge on any atom is -0.273 e. The summed E-state index contributed by atoms with van der Waals surface area (Å²) in [6.07, 6.45) is 3.30. The maximum atomic E-state index is 11.7. The molecule has 1 fully saturated rings. The van der Waals surface area contributed by atoms with Gasteiger partial charge in [-0.25, -0.2) is 8.42 Å². The summed E-state index contributed by atoms with van der Waals surface area (Å²) in [6.45, 7) is 0. The second-order valence-electron chi connectivity index (χ2n) is 5.52. The first-order valence-electron chi connectivity index (χ1n) is 7.17. The first kappa shape index (κ1) is 18.8. The monoisotopic (exact) mass is 390 g/mol. The zero-order valence-electron chi connectivity index (χ0n) is 12.6. The molecule has 0 aliphatic carbocycles. The normalized spacial score (nSPS) is 19.3. The van der Waals surface area contributed by atoms with E-state index in [2.05, 4.69) is 10.9 Å². The Morgan fingerprint density at radius 3 is 2.58 bits per heavy atom. The molecule has 1 aromatic carbocycles. The third-order valence-corrected chi connectivity index (χ3v) is 6.07. The van der Waals surface area contributed by atoms with Crippen LogP contribution in [0.2, 0.25) is 10.0 Å². The molecule has 0 spiro atoms.